The lowest BCUT2D eigenvalue weighted by Crippen LogP contribution is -1.95. The van der Waals surface area contributed by atoms with E-state index >= 15 is 0 Å². The first kappa shape index (κ1) is 10.7. The minimum absolute atomic E-state index is 0.468. The Hall–Kier alpha value is -0.400. The lowest BCUT2D eigenvalue weighted by Gasteiger charge is -2.12. The maximum Gasteiger partial charge on any atom is 0.133 e. The van der Waals surface area contributed by atoms with Crippen molar-refractivity contribution in [3.8, 4) is 5.75 Å². The number of rotatable bonds is 2. The molecule has 1 aromatic carbocycles. The van der Waals surface area contributed by atoms with Crippen LogP contribution in [0, 0.1) is 13.8 Å². The van der Waals surface area contributed by atoms with Crippen LogP contribution in [0.5, 0.6) is 5.75 Å². The topological polar surface area (TPSA) is 9.23 Å². The van der Waals surface area contributed by atoms with Gasteiger partial charge in [0.05, 0.1) is 7.11 Å². The summed E-state index contributed by atoms with van der Waals surface area (Å²) in [5.74, 6) is 0.871. The molecule has 0 aliphatic rings. The predicted octanol–water partition coefficient (Wildman–Crippen LogP) is 3.79. The minimum Gasteiger partial charge on any atom is -0.496 e. The van der Waals surface area contributed by atoms with Crippen LogP contribution >= 0.6 is 23.2 Å². The molecule has 0 aliphatic heterocycles. The number of halogens is 2. The van der Waals surface area contributed by atoms with E-state index in [2.05, 4.69) is 0 Å². The van der Waals surface area contributed by atoms with Gasteiger partial charge in [-0.1, -0.05) is 6.07 Å². The van der Waals surface area contributed by atoms with Gasteiger partial charge < -0.3 is 4.74 Å². The molecule has 0 radical (unpaired) electrons. The van der Waals surface area contributed by atoms with Crippen LogP contribution in [0.2, 0.25) is 0 Å². The van der Waals surface area contributed by atoms with Gasteiger partial charge in [0.1, 0.15) is 10.6 Å². The molecule has 0 unspecified atom stereocenters. The highest BCUT2D eigenvalue weighted by Crippen LogP contribution is 2.32. The Morgan fingerprint density at radius 2 is 1.77 bits per heavy atom. The van der Waals surface area contributed by atoms with Crippen LogP contribution in [0.4, 0.5) is 0 Å². The van der Waals surface area contributed by atoms with Crippen LogP contribution in [0.3, 0.4) is 0 Å². The van der Waals surface area contributed by atoms with Crippen molar-refractivity contribution in [3.63, 3.8) is 0 Å². The number of benzene rings is 1. The molecule has 0 aromatic heterocycles. The summed E-state index contributed by atoms with van der Waals surface area (Å²) in [5.41, 5.74) is 3.13. The molecule has 0 bridgehead atoms. The summed E-state index contributed by atoms with van der Waals surface area (Å²) in [4.78, 5) is -0.468. The first-order valence-corrected chi connectivity index (χ1v) is 4.87. The molecule has 72 valence electrons. The Morgan fingerprint density at radius 1 is 1.15 bits per heavy atom. The van der Waals surface area contributed by atoms with E-state index in [-0.39, 0.29) is 0 Å². The van der Waals surface area contributed by atoms with Crippen LogP contribution in [0.15, 0.2) is 12.1 Å². The molecule has 1 aromatic rings. The second kappa shape index (κ2) is 4.21. The van der Waals surface area contributed by atoms with Crippen molar-refractivity contribution in [3.05, 3.63) is 28.8 Å². The fourth-order valence-corrected chi connectivity index (χ4v) is 1.75. The van der Waals surface area contributed by atoms with Gasteiger partial charge in [0.15, 0.2) is 0 Å². The molecule has 0 N–H and O–H groups in total. The summed E-state index contributed by atoms with van der Waals surface area (Å²) >= 11 is 11.6. The number of hydrogen-bond donors (Lipinski definition) is 0. The molecule has 0 heterocycles. The van der Waals surface area contributed by atoms with Gasteiger partial charge in [-0.25, -0.2) is 0 Å². The Balaban J connectivity index is 3.23. The summed E-state index contributed by atoms with van der Waals surface area (Å²) in [5, 5.41) is 0. The van der Waals surface area contributed by atoms with E-state index in [0.717, 1.165) is 22.4 Å². The monoisotopic (exact) mass is 218 g/mol. The number of hydrogen-bond acceptors (Lipinski definition) is 1. The molecule has 1 nitrogen and oxygen atoms in total. The van der Waals surface area contributed by atoms with Gasteiger partial charge in [-0.3, -0.25) is 0 Å². The second-order valence-corrected chi connectivity index (χ2v) is 4.00. The number of methoxy groups -OCH3 is 1. The third-order valence-corrected chi connectivity index (χ3v) is 2.70. The summed E-state index contributed by atoms with van der Waals surface area (Å²) in [7, 11) is 1.65. The SMILES string of the molecule is COc1ccc(C(Cl)Cl)c(C)c1C. The summed E-state index contributed by atoms with van der Waals surface area (Å²) < 4.78 is 5.17. The molecule has 0 spiro atoms. The van der Waals surface area contributed by atoms with Crippen LogP contribution < -0.4 is 4.74 Å². The molecule has 0 aliphatic carbocycles. The molecule has 0 fully saturated rings. The maximum atomic E-state index is 5.80. The third kappa shape index (κ3) is 2.09. The van der Waals surface area contributed by atoms with Crippen LogP contribution in [-0.2, 0) is 0 Å². The first-order valence-electron chi connectivity index (χ1n) is 4.00. The molecular weight excluding hydrogens is 207 g/mol. The molecule has 13 heavy (non-hydrogen) atoms. The van der Waals surface area contributed by atoms with Crippen molar-refractivity contribution >= 4 is 23.2 Å². The Kier molecular flexibility index (Phi) is 3.46. The molecule has 0 saturated carbocycles. The van der Waals surface area contributed by atoms with Gasteiger partial charge in [-0.05, 0) is 36.6 Å². The number of alkyl halides is 2. The van der Waals surface area contributed by atoms with Crippen LogP contribution in [-0.4, -0.2) is 7.11 Å². The highest BCUT2D eigenvalue weighted by molar-refractivity contribution is 6.44. The zero-order valence-corrected chi connectivity index (χ0v) is 9.41. The van der Waals surface area contributed by atoms with Crippen LogP contribution in [0.25, 0.3) is 0 Å². The van der Waals surface area contributed by atoms with E-state index in [4.69, 9.17) is 27.9 Å². The summed E-state index contributed by atoms with van der Waals surface area (Å²) in [6, 6.07) is 3.78. The maximum absolute atomic E-state index is 5.80. The van der Waals surface area contributed by atoms with Crippen molar-refractivity contribution in [2.45, 2.75) is 18.7 Å². The second-order valence-electron chi connectivity index (χ2n) is 2.91. The average Bonchev–Trinajstić information content (AvgIpc) is 2.09. The summed E-state index contributed by atoms with van der Waals surface area (Å²) in [6.45, 7) is 3.98. The van der Waals surface area contributed by atoms with E-state index < -0.39 is 4.84 Å². The lowest BCUT2D eigenvalue weighted by molar-refractivity contribution is 0.411. The van der Waals surface area contributed by atoms with Gasteiger partial charge >= 0.3 is 0 Å². The van der Waals surface area contributed by atoms with Gasteiger partial charge in [0.25, 0.3) is 0 Å². The normalized spacial score (nSPS) is 10.6. The smallest absolute Gasteiger partial charge is 0.133 e. The standard InChI is InChI=1S/C10H12Cl2O/c1-6-7(2)9(13-3)5-4-8(6)10(11)12/h4-5,10H,1-3H3. The molecule has 0 saturated heterocycles. The van der Waals surface area contributed by atoms with Gasteiger partial charge in [0, 0.05) is 0 Å². The molecular formula is C10H12Cl2O. The van der Waals surface area contributed by atoms with E-state index in [9.17, 15) is 0 Å². The van der Waals surface area contributed by atoms with E-state index in [0.29, 0.717) is 0 Å². The fraction of sp³-hybridized carbons (Fsp3) is 0.400. The van der Waals surface area contributed by atoms with Crippen molar-refractivity contribution in [1.82, 2.24) is 0 Å². The van der Waals surface area contributed by atoms with E-state index in [1.54, 1.807) is 7.11 Å². The third-order valence-electron chi connectivity index (χ3n) is 2.23. The minimum atomic E-state index is -0.468. The van der Waals surface area contributed by atoms with Gasteiger partial charge in [0.2, 0.25) is 0 Å². The van der Waals surface area contributed by atoms with Crippen molar-refractivity contribution in [2.75, 3.05) is 7.11 Å². The Bertz CT molecular complexity index is 308. The Labute approximate surface area is 88.6 Å². The largest absolute Gasteiger partial charge is 0.496 e. The fourth-order valence-electron chi connectivity index (χ4n) is 1.27. The van der Waals surface area contributed by atoms with Crippen molar-refractivity contribution < 1.29 is 4.74 Å². The van der Waals surface area contributed by atoms with Crippen molar-refractivity contribution in [1.29, 1.82) is 0 Å². The van der Waals surface area contributed by atoms with Crippen LogP contribution in [0.1, 0.15) is 21.5 Å². The average molecular weight is 219 g/mol. The molecule has 3 heteroatoms. The lowest BCUT2D eigenvalue weighted by atomic mass is 10.0. The summed E-state index contributed by atoms with van der Waals surface area (Å²) in [6.07, 6.45) is 0. The molecule has 1 rings (SSSR count). The van der Waals surface area contributed by atoms with Gasteiger partial charge in [-0.15, -0.1) is 23.2 Å². The molecule has 0 atom stereocenters. The number of ether oxygens (including phenoxy) is 1. The zero-order valence-electron chi connectivity index (χ0n) is 7.90. The Morgan fingerprint density at radius 3 is 2.23 bits per heavy atom. The molecule has 0 amide bonds. The predicted molar refractivity (Wildman–Crippen MR) is 56.9 cm³/mol. The highest BCUT2D eigenvalue weighted by Gasteiger charge is 2.11. The first-order chi connectivity index (χ1) is 6.07. The van der Waals surface area contributed by atoms with Crippen molar-refractivity contribution in [2.24, 2.45) is 0 Å². The van der Waals surface area contributed by atoms with E-state index in [1.165, 1.54) is 0 Å². The zero-order chi connectivity index (χ0) is 10.0. The highest BCUT2D eigenvalue weighted by atomic mass is 35.5. The van der Waals surface area contributed by atoms with Gasteiger partial charge in [-0.2, -0.15) is 0 Å². The quantitative estimate of drug-likeness (QED) is 0.687. The van der Waals surface area contributed by atoms with E-state index in [1.807, 2.05) is 26.0 Å².